The summed E-state index contributed by atoms with van der Waals surface area (Å²) in [6.45, 7) is 5.40. The summed E-state index contributed by atoms with van der Waals surface area (Å²) in [5.74, 6) is -2.33. The first-order valence-electron chi connectivity index (χ1n) is 14.1. The van der Waals surface area contributed by atoms with E-state index in [1.165, 1.54) is 6.08 Å². The number of ether oxygens (including phenoxy) is 8. The summed E-state index contributed by atoms with van der Waals surface area (Å²) in [7, 11) is 0. The van der Waals surface area contributed by atoms with E-state index in [9.17, 15) is 24.0 Å². The Hall–Kier alpha value is -3.34. The van der Waals surface area contributed by atoms with E-state index in [0.29, 0.717) is 0 Å². The highest BCUT2D eigenvalue weighted by molar-refractivity contribution is 6.67. The van der Waals surface area contributed by atoms with Crippen molar-refractivity contribution in [1.82, 2.24) is 10.6 Å². The van der Waals surface area contributed by atoms with E-state index in [1.807, 2.05) is 30.3 Å². The number of benzene rings is 1. The maximum absolute atomic E-state index is 12.8. The first-order valence-corrected chi connectivity index (χ1v) is 15.2. The van der Waals surface area contributed by atoms with Crippen LogP contribution in [0.5, 0.6) is 0 Å². The topological polar surface area (TPSA) is 183 Å². The van der Waals surface area contributed by atoms with Crippen molar-refractivity contribution < 1.29 is 61.9 Å². The van der Waals surface area contributed by atoms with E-state index in [2.05, 4.69) is 17.2 Å². The standard InChI is InChI=1S/C29H37Cl3N2O13/c1-5-11-41-27(38)33-21(13-40-12-20-9-7-6-8-10-20)14-43-26-23(34-28(39)44-16-29(30,31)32)25(46-19(4)37)24(45-18(3)36)22(47-26)15-42-17(2)35/h5-10,21-26H,1,11-16H2,2-4H3,(H,33,38)(H,34,39)/t21-,22+,23+,24+,25+,26?/m0/s1. The largest absolute Gasteiger partial charge is 0.463 e. The third kappa shape index (κ3) is 15.9. The van der Waals surface area contributed by atoms with Gasteiger partial charge in [-0.15, -0.1) is 0 Å². The molecule has 0 aromatic heterocycles. The molecule has 262 valence electrons. The van der Waals surface area contributed by atoms with Crippen molar-refractivity contribution in [1.29, 1.82) is 0 Å². The molecule has 1 heterocycles. The monoisotopic (exact) mass is 726 g/mol. The zero-order valence-electron chi connectivity index (χ0n) is 25.8. The predicted octanol–water partition coefficient (Wildman–Crippen LogP) is 3.12. The third-order valence-corrected chi connectivity index (χ3v) is 6.23. The highest BCUT2D eigenvalue weighted by Gasteiger charge is 2.52. The minimum absolute atomic E-state index is 0.0717. The number of alkyl halides is 3. The maximum atomic E-state index is 12.8. The summed E-state index contributed by atoms with van der Waals surface area (Å²) < 4.78 is 41.8. The Labute approximate surface area is 286 Å². The van der Waals surface area contributed by atoms with Crippen LogP contribution in [0.2, 0.25) is 0 Å². The Morgan fingerprint density at radius 3 is 2.17 bits per heavy atom. The van der Waals surface area contributed by atoms with Crippen molar-refractivity contribution in [3.05, 3.63) is 48.6 Å². The number of carbonyl (C=O) groups excluding carboxylic acids is 5. The second kappa shape index (κ2) is 20.1. The van der Waals surface area contributed by atoms with Crippen molar-refractivity contribution in [3.8, 4) is 0 Å². The first kappa shape index (κ1) is 39.8. The van der Waals surface area contributed by atoms with Crippen molar-refractivity contribution >= 4 is 64.9 Å². The van der Waals surface area contributed by atoms with Crippen LogP contribution in [0, 0.1) is 0 Å². The number of hydrogen-bond acceptors (Lipinski definition) is 13. The summed E-state index contributed by atoms with van der Waals surface area (Å²) in [5, 5.41) is 5.03. The molecule has 2 amide bonds. The van der Waals surface area contributed by atoms with E-state index in [-0.39, 0.29) is 26.4 Å². The smallest absolute Gasteiger partial charge is 0.407 e. The van der Waals surface area contributed by atoms with Crippen LogP contribution in [0.25, 0.3) is 0 Å². The van der Waals surface area contributed by atoms with Gasteiger partial charge in [-0.1, -0.05) is 77.8 Å². The molecule has 1 aromatic carbocycles. The Bertz CT molecular complexity index is 1200. The number of amides is 2. The van der Waals surface area contributed by atoms with Gasteiger partial charge in [-0.2, -0.15) is 0 Å². The van der Waals surface area contributed by atoms with Gasteiger partial charge in [-0.3, -0.25) is 14.4 Å². The molecule has 1 fully saturated rings. The molecule has 1 unspecified atom stereocenters. The molecule has 15 nitrogen and oxygen atoms in total. The average Bonchev–Trinajstić information content (AvgIpc) is 2.98. The quantitative estimate of drug-likeness (QED) is 0.110. The van der Waals surface area contributed by atoms with Gasteiger partial charge in [0.05, 0.1) is 25.9 Å². The normalized spacial score (nSPS) is 21.4. The Morgan fingerprint density at radius 1 is 0.915 bits per heavy atom. The average molecular weight is 728 g/mol. The lowest BCUT2D eigenvalue weighted by molar-refractivity contribution is -0.278. The minimum Gasteiger partial charge on any atom is -0.463 e. The highest BCUT2D eigenvalue weighted by Crippen LogP contribution is 2.29. The lowest BCUT2D eigenvalue weighted by Gasteiger charge is -2.45. The molecule has 0 saturated carbocycles. The van der Waals surface area contributed by atoms with Gasteiger partial charge < -0.3 is 48.5 Å². The van der Waals surface area contributed by atoms with Crippen LogP contribution in [0.4, 0.5) is 9.59 Å². The number of alkyl carbamates (subject to hydrolysis) is 2. The maximum Gasteiger partial charge on any atom is 0.407 e. The number of carbonyl (C=O) groups is 5. The highest BCUT2D eigenvalue weighted by atomic mass is 35.6. The molecule has 1 aliphatic heterocycles. The molecule has 0 radical (unpaired) electrons. The SMILES string of the molecule is C=CCOC(=O)N[C@@H](COCc1ccccc1)COC1O[C@H](COC(C)=O)[C@@H](OC(C)=O)[C@H](OC(C)=O)[C@H]1NC(=O)OCC(Cl)(Cl)Cl. The molecule has 1 aromatic rings. The summed E-state index contributed by atoms with van der Waals surface area (Å²) in [6, 6.07) is 6.94. The Balaban J connectivity index is 2.38. The van der Waals surface area contributed by atoms with Crippen molar-refractivity contribution in [2.24, 2.45) is 0 Å². The first-order chi connectivity index (χ1) is 22.2. The molecule has 1 saturated heterocycles. The fourth-order valence-corrected chi connectivity index (χ4v) is 4.27. The Morgan fingerprint density at radius 2 is 1.57 bits per heavy atom. The lowest BCUT2D eigenvalue weighted by Crippen LogP contribution is -2.67. The molecule has 18 heteroatoms. The second-order valence-electron chi connectivity index (χ2n) is 9.92. The molecule has 47 heavy (non-hydrogen) atoms. The second-order valence-corrected chi connectivity index (χ2v) is 12.4. The van der Waals surface area contributed by atoms with Gasteiger partial charge in [0.1, 0.15) is 32.0 Å². The fraction of sp³-hybridized carbons (Fsp3) is 0.552. The zero-order valence-corrected chi connectivity index (χ0v) is 28.1. The van der Waals surface area contributed by atoms with Crippen LogP contribution in [-0.4, -0.2) is 104 Å². The van der Waals surface area contributed by atoms with Gasteiger partial charge in [-0.05, 0) is 5.56 Å². The molecule has 0 spiro atoms. The van der Waals surface area contributed by atoms with Crippen LogP contribution in [0.1, 0.15) is 26.3 Å². The molecular formula is C29H37Cl3N2O13. The fourth-order valence-electron chi connectivity index (χ4n) is 4.10. The van der Waals surface area contributed by atoms with Crippen molar-refractivity contribution in [2.75, 3.05) is 33.0 Å². The molecule has 2 rings (SSSR count). The van der Waals surface area contributed by atoms with Gasteiger partial charge in [0.2, 0.25) is 3.79 Å². The van der Waals surface area contributed by atoms with Crippen LogP contribution < -0.4 is 10.6 Å². The summed E-state index contributed by atoms with van der Waals surface area (Å²) in [4.78, 5) is 61.1. The van der Waals surface area contributed by atoms with Gasteiger partial charge in [0, 0.05) is 20.8 Å². The van der Waals surface area contributed by atoms with Gasteiger partial charge in [-0.25, -0.2) is 9.59 Å². The van der Waals surface area contributed by atoms with Crippen LogP contribution in [0.15, 0.2) is 43.0 Å². The number of hydrogen-bond donors (Lipinski definition) is 2. The third-order valence-electron chi connectivity index (χ3n) is 5.90. The van der Waals surface area contributed by atoms with E-state index >= 15 is 0 Å². The Kier molecular flexibility index (Phi) is 17.1. The van der Waals surface area contributed by atoms with E-state index in [4.69, 9.17) is 72.7 Å². The molecule has 1 aliphatic rings. The van der Waals surface area contributed by atoms with E-state index < -0.39 is 83.8 Å². The molecular weight excluding hydrogens is 691 g/mol. The molecule has 0 bridgehead atoms. The summed E-state index contributed by atoms with van der Waals surface area (Å²) in [6.07, 6.45) is -6.23. The summed E-state index contributed by atoms with van der Waals surface area (Å²) >= 11 is 17.1. The van der Waals surface area contributed by atoms with E-state index in [1.54, 1.807) is 0 Å². The number of halogens is 3. The van der Waals surface area contributed by atoms with Gasteiger partial charge >= 0.3 is 30.1 Å². The number of esters is 3. The van der Waals surface area contributed by atoms with Crippen molar-refractivity contribution in [2.45, 2.75) is 67.9 Å². The molecule has 0 aliphatic carbocycles. The van der Waals surface area contributed by atoms with Crippen LogP contribution in [0.3, 0.4) is 0 Å². The minimum atomic E-state index is -1.96. The van der Waals surface area contributed by atoms with Gasteiger partial charge in [0.15, 0.2) is 18.5 Å². The zero-order chi connectivity index (χ0) is 35.0. The number of nitrogens with one attached hydrogen (secondary N) is 2. The number of rotatable bonds is 16. The van der Waals surface area contributed by atoms with Crippen LogP contribution in [-0.2, 0) is 58.9 Å². The van der Waals surface area contributed by atoms with Gasteiger partial charge in [0.25, 0.3) is 0 Å². The van der Waals surface area contributed by atoms with E-state index in [0.717, 1.165) is 26.3 Å². The van der Waals surface area contributed by atoms with Crippen molar-refractivity contribution in [3.63, 3.8) is 0 Å². The summed E-state index contributed by atoms with van der Waals surface area (Å²) in [5.41, 5.74) is 0.865. The molecule has 2 N–H and O–H groups in total. The predicted molar refractivity (Wildman–Crippen MR) is 165 cm³/mol. The lowest BCUT2D eigenvalue weighted by atomic mass is 9.96. The van der Waals surface area contributed by atoms with Crippen LogP contribution >= 0.6 is 34.8 Å². The molecule has 6 atom stereocenters.